The highest BCUT2D eigenvalue weighted by molar-refractivity contribution is 7.89. The zero-order valence-electron chi connectivity index (χ0n) is 14.1. The minimum Gasteiger partial charge on any atom is -0.351 e. The van der Waals surface area contributed by atoms with Gasteiger partial charge in [-0.3, -0.25) is 4.79 Å². The number of nitrogens with one attached hydrogen (secondary N) is 2. The van der Waals surface area contributed by atoms with Crippen molar-refractivity contribution in [1.82, 2.24) is 9.29 Å². The molecule has 2 heterocycles. The predicted octanol–water partition coefficient (Wildman–Crippen LogP) is 3.20. The Morgan fingerprint density at radius 3 is 2.54 bits per heavy atom. The summed E-state index contributed by atoms with van der Waals surface area (Å²) in [7, 11) is -3.51. The van der Waals surface area contributed by atoms with Gasteiger partial charge in [-0.15, -0.1) is 0 Å². The molecule has 134 valence electrons. The summed E-state index contributed by atoms with van der Waals surface area (Å²) in [5.41, 5.74) is 1.76. The number of carbonyl (C=O) groups is 1. The average Bonchev–Trinajstić information content (AvgIpc) is 3.32. The van der Waals surface area contributed by atoms with E-state index in [4.69, 9.17) is 0 Å². The summed E-state index contributed by atoms with van der Waals surface area (Å²) < 4.78 is 26.8. The topological polar surface area (TPSA) is 82.3 Å². The highest BCUT2D eigenvalue weighted by Crippen LogP contribution is 2.23. The fraction of sp³-hybridized carbons (Fsp3) is 0.211. The van der Waals surface area contributed by atoms with Gasteiger partial charge < -0.3 is 10.3 Å². The lowest BCUT2D eigenvalue weighted by Crippen LogP contribution is -2.27. The van der Waals surface area contributed by atoms with E-state index in [0.29, 0.717) is 24.5 Å². The van der Waals surface area contributed by atoms with Crippen LogP contribution in [0.25, 0.3) is 10.9 Å². The molecule has 1 aromatic heterocycles. The van der Waals surface area contributed by atoms with E-state index < -0.39 is 10.0 Å². The zero-order chi connectivity index (χ0) is 18.1. The first-order valence-electron chi connectivity index (χ1n) is 8.53. The van der Waals surface area contributed by atoms with Crippen molar-refractivity contribution in [1.29, 1.82) is 0 Å². The highest BCUT2D eigenvalue weighted by atomic mass is 32.2. The zero-order valence-corrected chi connectivity index (χ0v) is 14.9. The number of aromatic amines is 1. The molecule has 2 N–H and O–H groups in total. The van der Waals surface area contributed by atoms with Crippen molar-refractivity contribution in [2.75, 3.05) is 18.4 Å². The molecule has 0 spiro atoms. The van der Waals surface area contributed by atoms with Crippen LogP contribution >= 0.6 is 0 Å². The number of benzene rings is 2. The molecule has 0 unspecified atom stereocenters. The summed E-state index contributed by atoms with van der Waals surface area (Å²) in [6.45, 7) is 1.10. The summed E-state index contributed by atoms with van der Waals surface area (Å²) in [5, 5.41) is 3.72. The number of hydrogen-bond donors (Lipinski definition) is 2. The summed E-state index contributed by atoms with van der Waals surface area (Å²) in [6.07, 6.45) is 1.77. The molecule has 0 aliphatic carbocycles. The number of sulfonamides is 1. The second-order valence-corrected chi connectivity index (χ2v) is 8.30. The molecule has 0 atom stereocenters. The normalized spacial score (nSPS) is 15.4. The third-order valence-corrected chi connectivity index (χ3v) is 6.46. The highest BCUT2D eigenvalue weighted by Gasteiger charge is 2.27. The van der Waals surface area contributed by atoms with Crippen LogP contribution in [0.3, 0.4) is 0 Å². The maximum absolute atomic E-state index is 12.7. The molecule has 0 bridgehead atoms. The number of para-hydroxylation sites is 1. The fourth-order valence-corrected chi connectivity index (χ4v) is 4.77. The van der Waals surface area contributed by atoms with Gasteiger partial charge in [-0.2, -0.15) is 4.31 Å². The number of hydrogen-bond acceptors (Lipinski definition) is 3. The molecule has 0 saturated carbocycles. The minimum atomic E-state index is -3.51. The molecule has 1 fully saturated rings. The van der Waals surface area contributed by atoms with Crippen LogP contribution < -0.4 is 5.32 Å². The van der Waals surface area contributed by atoms with Gasteiger partial charge in [-0.25, -0.2) is 8.42 Å². The number of anilines is 1. The number of rotatable bonds is 4. The standard InChI is InChI=1S/C19H19N3O3S/c23-19(18-12-14-6-1-2-9-17(14)21-18)20-15-7-5-8-16(13-15)26(24,25)22-10-3-4-11-22/h1-2,5-9,12-13,21H,3-4,10-11H2,(H,20,23). The third-order valence-electron chi connectivity index (χ3n) is 4.57. The van der Waals surface area contributed by atoms with Gasteiger partial charge in [0.15, 0.2) is 0 Å². The van der Waals surface area contributed by atoms with E-state index in [1.807, 2.05) is 24.3 Å². The van der Waals surface area contributed by atoms with Crippen molar-refractivity contribution in [2.24, 2.45) is 0 Å². The number of carbonyl (C=O) groups excluding carboxylic acids is 1. The van der Waals surface area contributed by atoms with Crippen LogP contribution in [0, 0.1) is 0 Å². The summed E-state index contributed by atoms with van der Waals surface area (Å²) in [4.78, 5) is 15.8. The predicted molar refractivity (Wildman–Crippen MR) is 101 cm³/mol. The van der Waals surface area contributed by atoms with Gasteiger partial charge in [-0.05, 0) is 43.2 Å². The SMILES string of the molecule is O=C(Nc1cccc(S(=O)(=O)N2CCCC2)c1)c1cc2ccccc2[nH]1. The fourth-order valence-electron chi connectivity index (χ4n) is 3.21. The van der Waals surface area contributed by atoms with Gasteiger partial charge in [0, 0.05) is 29.7 Å². The maximum atomic E-state index is 12.7. The van der Waals surface area contributed by atoms with Crippen molar-refractivity contribution in [3.63, 3.8) is 0 Å². The summed E-state index contributed by atoms with van der Waals surface area (Å²) >= 11 is 0. The number of H-pyrrole nitrogens is 1. The van der Waals surface area contributed by atoms with Gasteiger partial charge in [-0.1, -0.05) is 24.3 Å². The van der Waals surface area contributed by atoms with Crippen molar-refractivity contribution in [2.45, 2.75) is 17.7 Å². The Morgan fingerprint density at radius 2 is 1.77 bits per heavy atom. The lowest BCUT2D eigenvalue weighted by molar-refractivity contribution is 0.102. The molecule has 4 rings (SSSR count). The number of fused-ring (bicyclic) bond motifs is 1. The van der Waals surface area contributed by atoms with E-state index >= 15 is 0 Å². The van der Waals surface area contributed by atoms with Gasteiger partial charge >= 0.3 is 0 Å². The van der Waals surface area contributed by atoms with Crippen molar-refractivity contribution in [3.8, 4) is 0 Å². The lowest BCUT2D eigenvalue weighted by Gasteiger charge is -2.16. The quantitative estimate of drug-likeness (QED) is 0.741. The molecule has 3 aromatic rings. The van der Waals surface area contributed by atoms with Crippen LogP contribution in [0.2, 0.25) is 0 Å². The van der Waals surface area contributed by atoms with Gasteiger partial charge in [0.05, 0.1) is 4.90 Å². The van der Waals surface area contributed by atoms with Gasteiger partial charge in [0.2, 0.25) is 10.0 Å². The van der Waals surface area contributed by atoms with Crippen LogP contribution in [-0.4, -0.2) is 36.7 Å². The van der Waals surface area contributed by atoms with E-state index in [-0.39, 0.29) is 10.8 Å². The van der Waals surface area contributed by atoms with E-state index in [0.717, 1.165) is 23.7 Å². The first kappa shape index (κ1) is 16.8. The maximum Gasteiger partial charge on any atom is 0.272 e. The Labute approximate surface area is 151 Å². The summed E-state index contributed by atoms with van der Waals surface area (Å²) in [6, 6.07) is 15.8. The van der Waals surface area contributed by atoms with Crippen LogP contribution in [-0.2, 0) is 10.0 Å². The first-order chi connectivity index (χ1) is 12.5. The van der Waals surface area contributed by atoms with Crippen LogP contribution in [0.15, 0.2) is 59.5 Å². The molecule has 7 heteroatoms. The Kier molecular flexibility index (Phi) is 4.26. The lowest BCUT2D eigenvalue weighted by atomic mass is 10.2. The number of nitrogens with zero attached hydrogens (tertiary/aromatic N) is 1. The molecule has 2 aromatic carbocycles. The van der Waals surface area contributed by atoms with Gasteiger partial charge in [0.25, 0.3) is 5.91 Å². The molecule has 1 saturated heterocycles. The van der Waals surface area contributed by atoms with Crippen LogP contribution in [0.4, 0.5) is 5.69 Å². The molecule has 6 nitrogen and oxygen atoms in total. The molecule has 26 heavy (non-hydrogen) atoms. The van der Waals surface area contributed by atoms with Crippen molar-refractivity contribution < 1.29 is 13.2 Å². The van der Waals surface area contributed by atoms with Crippen molar-refractivity contribution >= 4 is 32.5 Å². The van der Waals surface area contributed by atoms with E-state index in [9.17, 15) is 13.2 Å². The molecular formula is C19H19N3O3S. The smallest absolute Gasteiger partial charge is 0.272 e. The van der Waals surface area contributed by atoms with Crippen molar-refractivity contribution in [3.05, 3.63) is 60.3 Å². The second-order valence-electron chi connectivity index (χ2n) is 6.36. The Hall–Kier alpha value is -2.64. The van der Waals surface area contributed by atoms with E-state index in [1.54, 1.807) is 24.3 Å². The van der Waals surface area contributed by atoms with Crippen LogP contribution in [0.1, 0.15) is 23.3 Å². The van der Waals surface area contributed by atoms with Crippen LogP contribution in [0.5, 0.6) is 0 Å². The second kappa shape index (κ2) is 6.59. The Bertz CT molecular complexity index is 1030. The molecule has 1 amide bonds. The van der Waals surface area contributed by atoms with Gasteiger partial charge in [0.1, 0.15) is 5.69 Å². The number of aromatic nitrogens is 1. The average molecular weight is 369 g/mol. The molecule has 1 aliphatic rings. The molecular weight excluding hydrogens is 350 g/mol. The monoisotopic (exact) mass is 369 g/mol. The van der Waals surface area contributed by atoms with E-state index in [2.05, 4.69) is 10.3 Å². The minimum absolute atomic E-state index is 0.203. The molecule has 1 aliphatic heterocycles. The van der Waals surface area contributed by atoms with E-state index in [1.165, 1.54) is 10.4 Å². The largest absolute Gasteiger partial charge is 0.351 e. The Balaban J connectivity index is 1.57. The molecule has 0 radical (unpaired) electrons. The third kappa shape index (κ3) is 3.11. The Morgan fingerprint density at radius 1 is 1.00 bits per heavy atom. The summed E-state index contributed by atoms with van der Waals surface area (Å²) in [5.74, 6) is -0.308. The number of amides is 1. The first-order valence-corrected chi connectivity index (χ1v) is 9.97.